The Hall–Kier alpha value is -1.46. The van der Waals surface area contributed by atoms with Gasteiger partial charge in [0.15, 0.2) is 0 Å². The van der Waals surface area contributed by atoms with Crippen LogP contribution in [0.5, 0.6) is 0 Å². The number of hydrogen-bond acceptors (Lipinski definition) is 5. The number of pyridine rings is 1. The molecule has 0 atom stereocenters. The van der Waals surface area contributed by atoms with Gasteiger partial charge in [-0.15, -0.1) is 0 Å². The number of rotatable bonds is 3. The molecular formula is C23H39N3O2. The zero-order chi connectivity index (χ0) is 20.8. The Kier molecular flexibility index (Phi) is 8.02. The lowest BCUT2D eigenvalue weighted by Gasteiger charge is -2.30. The lowest BCUT2D eigenvalue weighted by Crippen LogP contribution is -2.36. The van der Waals surface area contributed by atoms with Crippen LogP contribution in [0, 0.1) is 5.41 Å². The number of esters is 1. The first kappa shape index (κ1) is 22.8. The molecule has 1 aliphatic rings. The van der Waals surface area contributed by atoms with Crippen LogP contribution in [0.2, 0.25) is 0 Å². The largest absolute Gasteiger partial charge is 0.459 e. The third-order valence-electron chi connectivity index (χ3n) is 4.56. The molecule has 0 amide bonds. The van der Waals surface area contributed by atoms with Crippen molar-refractivity contribution in [1.29, 1.82) is 0 Å². The van der Waals surface area contributed by atoms with Crippen molar-refractivity contribution < 1.29 is 9.53 Å². The molecule has 0 saturated heterocycles. The van der Waals surface area contributed by atoms with E-state index in [1.165, 1.54) is 12.8 Å². The quantitative estimate of drug-likeness (QED) is 0.723. The van der Waals surface area contributed by atoms with Crippen molar-refractivity contribution in [2.24, 2.45) is 5.41 Å². The summed E-state index contributed by atoms with van der Waals surface area (Å²) in [5.41, 5.74) is 1.97. The van der Waals surface area contributed by atoms with Gasteiger partial charge >= 0.3 is 5.97 Å². The van der Waals surface area contributed by atoms with E-state index in [9.17, 15) is 4.79 Å². The summed E-state index contributed by atoms with van der Waals surface area (Å²) in [6.07, 6.45) is 3.44. The average Bonchev–Trinajstić information content (AvgIpc) is 2.50. The van der Waals surface area contributed by atoms with Crippen molar-refractivity contribution in [3.05, 3.63) is 29.6 Å². The highest BCUT2D eigenvalue weighted by Gasteiger charge is 2.21. The molecule has 158 valence electrons. The molecule has 5 heteroatoms. The summed E-state index contributed by atoms with van der Waals surface area (Å²) in [6.45, 7) is 17.6. The first-order valence-electron chi connectivity index (χ1n) is 10.6. The van der Waals surface area contributed by atoms with Gasteiger partial charge in [0.2, 0.25) is 0 Å². The molecule has 2 rings (SSSR count). The minimum Gasteiger partial charge on any atom is -0.459 e. The zero-order valence-corrected chi connectivity index (χ0v) is 18.8. The van der Waals surface area contributed by atoms with E-state index >= 15 is 0 Å². The lowest BCUT2D eigenvalue weighted by molar-refractivity contribution is -0.156. The van der Waals surface area contributed by atoms with Crippen LogP contribution in [-0.4, -0.2) is 52.5 Å². The number of carbonyl (C=O) groups excluding carboxylic acids is 1. The summed E-state index contributed by atoms with van der Waals surface area (Å²) in [4.78, 5) is 21.9. The Balaban J connectivity index is 2.10. The minimum absolute atomic E-state index is 0.160. The second-order valence-corrected chi connectivity index (χ2v) is 10.2. The fraction of sp³-hybridized carbons (Fsp3) is 0.739. The lowest BCUT2D eigenvalue weighted by atomic mass is 9.95. The van der Waals surface area contributed by atoms with Gasteiger partial charge in [-0.3, -0.25) is 19.6 Å². The molecule has 0 spiro atoms. The number of carbonyl (C=O) groups is 1. The van der Waals surface area contributed by atoms with Gasteiger partial charge in [0, 0.05) is 19.6 Å². The number of ether oxygens (including phenoxy) is 1. The van der Waals surface area contributed by atoms with Crippen LogP contribution in [0.25, 0.3) is 0 Å². The molecule has 28 heavy (non-hydrogen) atoms. The van der Waals surface area contributed by atoms with Gasteiger partial charge < -0.3 is 4.74 Å². The average molecular weight is 390 g/mol. The molecule has 0 aliphatic carbocycles. The van der Waals surface area contributed by atoms with Crippen molar-refractivity contribution in [2.75, 3.05) is 26.2 Å². The molecule has 2 heterocycles. The fourth-order valence-electron chi connectivity index (χ4n) is 3.67. The molecule has 2 bridgehead atoms. The maximum atomic E-state index is 12.3. The summed E-state index contributed by atoms with van der Waals surface area (Å²) in [7, 11) is 0. The van der Waals surface area contributed by atoms with Crippen LogP contribution in [0.3, 0.4) is 0 Å². The van der Waals surface area contributed by atoms with E-state index in [0.29, 0.717) is 13.1 Å². The molecule has 0 radical (unpaired) electrons. The molecule has 0 saturated carbocycles. The summed E-state index contributed by atoms with van der Waals surface area (Å²) < 4.78 is 5.52. The first-order valence-corrected chi connectivity index (χ1v) is 10.6. The molecule has 5 nitrogen and oxygen atoms in total. The van der Waals surface area contributed by atoms with E-state index in [4.69, 9.17) is 9.72 Å². The highest BCUT2D eigenvalue weighted by molar-refractivity contribution is 5.72. The van der Waals surface area contributed by atoms with Crippen LogP contribution in [0.4, 0.5) is 0 Å². The summed E-state index contributed by atoms with van der Waals surface area (Å²) in [6, 6.07) is 6.26. The van der Waals surface area contributed by atoms with Gasteiger partial charge in [0.1, 0.15) is 5.60 Å². The van der Waals surface area contributed by atoms with Crippen LogP contribution >= 0.6 is 0 Å². The smallest absolute Gasteiger partial charge is 0.320 e. The molecule has 0 N–H and O–H groups in total. The van der Waals surface area contributed by atoms with E-state index in [1.807, 2.05) is 20.8 Å². The Morgan fingerprint density at radius 2 is 1.54 bits per heavy atom. The van der Waals surface area contributed by atoms with Gasteiger partial charge in [-0.2, -0.15) is 0 Å². The molecule has 1 aromatic heterocycles. The standard InChI is InChI=1S/C23H39N3O2/c1-22(2,3)18-26-14-9-7-8-13-25(17-21(27)28-23(4,5)6)15-19-11-10-12-20(16-26)24-19/h10-12H,7-9,13-18H2,1-6H3. The van der Waals surface area contributed by atoms with Crippen LogP contribution in [0.15, 0.2) is 18.2 Å². The zero-order valence-electron chi connectivity index (χ0n) is 18.8. The number of fused-ring (bicyclic) bond motifs is 2. The SMILES string of the molecule is CC(C)(C)CN1CCCCCN(CC(=O)OC(C)(C)C)Cc2cccc(n2)C1. The maximum Gasteiger partial charge on any atom is 0.320 e. The maximum absolute atomic E-state index is 12.3. The predicted molar refractivity (Wildman–Crippen MR) is 114 cm³/mol. The first-order chi connectivity index (χ1) is 13.0. The van der Waals surface area contributed by atoms with Crippen molar-refractivity contribution in [2.45, 2.75) is 79.5 Å². The highest BCUT2D eigenvalue weighted by Crippen LogP contribution is 2.19. The third kappa shape index (κ3) is 9.16. The normalized spacial score (nSPS) is 18.2. The monoisotopic (exact) mass is 389 g/mol. The molecule has 1 aliphatic heterocycles. The van der Waals surface area contributed by atoms with Crippen molar-refractivity contribution in [3.8, 4) is 0 Å². The molecule has 1 aromatic rings. The van der Waals surface area contributed by atoms with Crippen molar-refractivity contribution >= 4 is 5.97 Å². The predicted octanol–water partition coefficient (Wildman–Crippen LogP) is 4.26. The van der Waals surface area contributed by atoms with Crippen molar-refractivity contribution in [3.63, 3.8) is 0 Å². The van der Waals surface area contributed by atoms with Gasteiger partial charge in [-0.25, -0.2) is 0 Å². The molecular weight excluding hydrogens is 350 g/mol. The minimum atomic E-state index is -0.446. The van der Waals surface area contributed by atoms with E-state index in [2.05, 4.69) is 48.8 Å². The fourth-order valence-corrected chi connectivity index (χ4v) is 3.67. The second kappa shape index (κ2) is 9.84. The topological polar surface area (TPSA) is 45.7 Å². The highest BCUT2D eigenvalue weighted by atomic mass is 16.6. The Bertz CT molecular complexity index is 631. The number of nitrogens with zero attached hydrogens (tertiary/aromatic N) is 3. The Labute approximate surface area is 171 Å². The Morgan fingerprint density at radius 1 is 0.964 bits per heavy atom. The Morgan fingerprint density at radius 3 is 2.11 bits per heavy atom. The van der Waals surface area contributed by atoms with Gasteiger partial charge in [-0.05, 0) is 64.3 Å². The van der Waals surface area contributed by atoms with E-state index in [-0.39, 0.29) is 11.4 Å². The van der Waals surface area contributed by atoms with Crippen LogP contribution < -0.4 is 0 Å². The molecule has 0 unspecified atom stereocenters. The van der Waals surface area contributed by atoms with Gasteiger partial charge in [0.25, 0.3) is 0 Å². The summed E-state index contributed by atoms with van der Waals surface area (Å²) in [5.74, 6) is -0.160. The van der Waals surface area contributed by atoms with Crippen LogP contribution in [-0.2, 0) is 22.6 Å². The second-order valence-electron chi connectivity index (χ2n) is 10.2. The summed E-state index contributed by atoms with van der Waals surface area (Å²) in [5, 5.41) is 0. The number of hydrogen-bond donors (Lipinski definition) is 0. The summed E-state index contributed by atoms with van der Waals surface area (Å²) >= 11 is 0. The molecule has 0 fully saturated rings. The van der Waals surface area contributed by atoms with E-state index in [1.54, 1.807) is 0 Å². The molecule has 0 aromatic carbocycles. The van der Waals surface area contributed by atoms with Gasteiger partial charge in [-0.1, -0.05) is 33.3 Å². The van der Waals surface area contributed by atoms with Crippen molar-refractivity contribution in [1.82, 2.24) is 14.8 Å². The number of aromatic nitrogens is 1. The van der Waals surface area contributed by atoms with Crippen LogP contribution in [0.1, 0.15) is 72.2 Å². The van der Waals surface area contributed by atoms with E-state index in [0.717, 1.165) is 44.0 Å². The van der Waals surface area contributed by atoms with Gasteiger partial charge in [0.05, 0.1) is 17.9 Å². The van der Waals surface area contributed by atoms with E-state index < -0.39 is 5.60 Å². The third-order valence-corrected chi connectivity index (χ3v) is 4.56.